The van der Waals surface area contributed by atoms with Gasteiger partial charge in [0.05, 0.1) is 0 Å². The fourth-order valence-corrected chi connectivity index (χ4v) is 2.66. The van der Waals surface area contributed by atoms with Crippen molar-refractivity contribution in [1.82, 2.24) is 10.2 Å². The van der Waals surface area contributed by atoms with Crippen LogP contribution in [0.25, 0.3) is 0 Å². The van der Waals surface area contributed by atoms with E-state index in [1.54, 1.807) is 0 Å². The Morgan fingerprint density at radius 2 is 2.00 bits per heavy atom. The summed E-state index contributed by atoms with van der Waals surface area (Å²) in [4.78, 5) is 2.73. The molecule has 14 heavy (non-hydrogen) atoms. The van der Waals surface area contributed by atoms with E-state index in [0.717, 1.165) is 17.9 Å². The zero-order valence-corrected chi connectivity index (χ0v) is 9.63. The van der Waals surface area contributed by atoms with E-state index in [9.17, 15) is 0 Å². The van der Waals surface area contributed by atoms with Crippen LogP contribution in [0, 0.1) is 11.8 Å². The maximum Gasteiger partial charge on any atom is 0.00672 e. The van der Waals surface area contributed by atoms with Gasteiger partial charge in [-0.3, -0.25) is 0 Å². The van der Waals surface area contributed by atoms with Gasteiger partial charge in [-0.15, -0.1) is 0 Å². The molecule has 0 saturated carbocycles. The zero-order chi connectivity index (χ0) is 9.97. The Morgan fingerprint density at radius 1 is 1.21 bits per heavy atom. The molecule has 0 aromatic rings. The second-order valence-corrected chi connectivity index (χ2v) is 5.18. The van der Waals surface area contributed by atoms with Crippen molar-refractivity contribution >= 4 is 0 Å². The Labute approximate surface area is 88.1 Å². The second-order valence-electron chi connectivity index (χ2n) is 5.18. The van der Waals surface area contributed by atoms with Crippen molar-refractivity contribution < 1.29 is 0 Å². The second kappa shape index (κ2) is 4.63. The highest BCUT2D eigenvalue weighted by molar-refractivity contribution is 4.84. The SMILES string of the molecule is CCC1CCC(C)N(CC2CNC2)C1. The predicted molar refractivity (Wildman–Crippen MR) is 60.4 cm³/mol. The van der Waals surface area contributed by atoms with Crippen molar-refractivity contribution in [3.05, 3.63) is 0 Å². The zero-order valence-electron chi connectivity index (χ0n) is 9.63. The number of piperidine rings is 1. The molecule has 2 aliphatic rings. The molecule has 2 saturated heterocycles. The lowest BCUT2D eigenvalue weighted by atomic mass is 9.90. The van der Waals surface area contributed by atoms with Crippen molar-refractivity contribution in [3.63, 3.8) is 0 Å². The van der Waals surface area contributed by atoms with E-state index in [4.69, 9.17) is 0 Å². The first-order valence-corrected chi connectivity index (χ1v) is 6.24. The van der Waals surface area contributed by atoms with E-state index in [1.165, 1.54) is 45.4 Å². The van der Waals surface area contributed by atoms with Crippen molar-refractivity contribution in [1.29, 1.82) is 0 Å². The van der Waals surface area contributed by atoms with Gasteiger partial charge in [0.1, 0.15) is 0 Å². The summed E-state index contributed by atoms with van der Waals surface area (Å²) in [5.74, 6) is 1.91. The lowest BCUT2D eigenvalue weighted by Gasteiger charge is -2.41. The van der Waals surface area contributed by atoms with Crippen molar-refractivity contribution in [3.8, 4) is 0 Å². The summed E-state index contributed by atoms with van der Waals surface area (Å²) in [7, 11) is 0. The van der Waals surface area contributed by atoms with Crippen molar-refractivity contribution in [2.24, 2.45) is 11.8 Å². The maximum absolute atomic E-state index is 3.36. The average molecular weight is 196 g/mol. The molecule has 0 amide bonds. The Morgan fingerprint density at radius 3 is 2.57 bits per heavy atom. The molecule has 0 bridgehead atoms. The highest BCUT2D eigenvalue weighted by Crippen LogP contribution is 2.25. The molecule has 0 aromatic heterocycles. The van der Waals surface area contributed by atoms with E-state index < -0.39 is 0 Å². The summed E-state index contributed by atoms with van der Waals surface area (Å²) >= 11 is 0. The van der Waals surface area contributed by atoms with Gasteiger partial charge >= 0.3 is 0 Å². The van der Waals surface area contributed by atoms with Gasteiger partial charge < -0.3 is 10.2 Å². The largest absolute Gasteiger partial charge is 0.316 e. The monoisotopic (exact) mass is 196 g/mol. The Bertz CT molecular complexity index is 175. The van der Waals surface area contributed by atoms with Gasteiger partial charge in [0.15, 0.2) is 0 Å². The smallest absolute Gasteiger partial charge is 0.00672 e. The first-order chi connectivity index (χ1) is 6.79. The summed E-state index contributed by atoms with van der Waals surface area (Å²) < 4.78 is 0. The maximum atomic E-state index is 3.36. The highest BCUT2D eigenvalue weighted by Gasteiger charge is 2.28. The van der Waals surface area contributed by atoms with Crippen LogP contribution in [0.2, 0.25) is 0 Å². The summed E-state index contributed by atoms with van der Waals surface area (Å²) in [5, 5.41) is 3.36. The van der Waals surface area contributed by atoms with Crippen LogP contribution in [-0.4, -0.2) is 37.1 Å². The number of hydrogen-bond acceptors (Lipinski definition) is 2. The van der Waals surface area contributed by atoms with Crippen LogP contribution in [0.5, 0.6) is 0 Å². The van der Waals surface area contributed by atoms with Gasteiger partial charge in [0.2, 0.25) is 0 Å². The van der Waals surface area contributed by atoms with E-state index >= 15 is 0 Å². The Kier molecular flexibility index (Phi) is 3.45. The number of rotatable bonds is 3. The fraction of sp³-hybridized carbons (Fsp3) is 1.00. The van der Waals surface area contributed by atoms with Crippen LogP contribution in [0.4, 0.5) is 0 Å². The van der Waals surface area contributed by atoms with E-state index in [0.29, 0.717) is 0 Å². The van der Waals surface area contributed by atoms with Crippen LogP contribution >= 0.6 is 0 Å². The summed E-state index contributed by atoms with van der Waals surface area (Å²) in [6.07, 6.45) is 4.24. The Balaban J connectivity index is 1.80. The van der Waals surface area contributed by atoms with Gasteiger partial charge in [-0.05, 0) is 31.6 Å². The van der Waals surface area contributed by atoms with Crippen LogP contribution in [0.3, 0.4) is 0 Å². The third-order valence-electron chi connectivity index (χ3n) is 4.04. The molecule has 2 atom stereocenters. The molecule has 0 spiro atoms. The molecule has 2 aliphatic heterocycles. The topological polar surface area (TPSA) is 15.3 Å². The average Bonchev–Trinajstić information content (AvgIpc) is 2.14. The van der Waals surface area contributed by atoms with Crippen LogP contribution < -0.4 is 5.32 Å². The molecule has 82 valence electrons. The molecular formula is C12H24N2. The molecule has 1 N–H and O–H groups in total. The summed E-state index contributed by atoms with van der Waals surface area (Å²) in [6, 6.07) is 0.832. The molecule has 2 rings (SSSR count). The molecule has 0 radical (unpaired) electrons. The quantitative estimate of drug-likeness (QED) is 0.739. The molecule has 2 nitrogen and oxygen atoms in total. The predicted octanol–water partition coefficient (Wildman–Crippen LogP) is 1.72. The number of nitrogens with one attached hydrogen (secondary N) is 1. The number of nitrogens with zero attached hydrogens (tertiary/aromatic N) is 1. The van der Waals surface area contributed by atoms with Crippen molar-refractivity contribution in [2.75, 3.05) is 26.2 Å². The van der Waals surface area contributed by atoms with Gasteiger partial charge in [0.25, 0.3) is 0 Å². The number of likely N-dealkylation sites (tertiary alicyclic amines) is 1. The third-order valence-corrected chi connectivity index (χ3v) is 4.04. The minimum atomic E-state index is 0.832. The Hall–Kier alpha value is -0.0800. The minimum Gasteiger partial charge on any atom is -0.316 e. The van der Waals surface area contributed by atoms with Gasteiger partial charge in [-0.25, -0.2) is 0 Å². The standard InChI is InChI=1S/C12H24N2/c1-3-11-5-4-10(2)14(8-11)9-12-6-13-7-12/h10-13H,3-9H2,1-2H3. The minimum absolute atomic E-state index is 0.832. The van der Waals surface area contributed by atoms with Gasteiger partial charge in [-0.2, -0.15) is 0 Å². The number of hydrogen-bond donors (Lipinski definition) is 1. The molecule has 0 aromatic carbocycles. The van der Waals surface area contributed by atoms with E-state index in [2.05, 4.69) is 24.1 Å². The first-order valence-electron chi connectivity index (χ1n) is 6.24. The summed E-state index contributed by atoms with van der Waals surface area (Å²) in [5.41, 5.74) is 0. The lowest BCUT2D eigenvalue weighted by molar-refractivity contribution is 0.0851. The molecular weight excluding hydrogens is 172 g/mol. The van der Waals surface area contributed by atoms with Gasteiger partial charge in [-0.1, -0.05) is 13.3 Å². The molecule has 2 fully saturated rings. The van der Waals surface area contributed by atoms with Gasteiger partial charge in [0, 0.05) is 32.2 Å². The molecule has 2 heterocycles. The molecule has 2 heteroatoms. The fourth-order valence-electron chi connectivity index (χ4n) is 2.66. The first kappa shape index (κ1) is 10.4. The molecule has 2 unspecified atom stereocenters. The lowest BCUT2D eigenvalue weighted by Crippen LogP contribution is -2.52. The van der Waals surface area contributed by atoms with E-state index in [-0.39, 0.29) is 0 Å². The van der Waals surface area contributed by atoms with E-state index in [1.807, 2.05) is 0 Å². The summed E-state index contributed by atoms with van der Waals surface area (Å²) in [6.45, 7) is 9.93. The van der Waals surface area contributed by atoms with Crippen LogP contribution in [-0.2, 0) is 0 Å². The normalized spacial score (nSPS) is 35.6. The highest BCUT2D eigenvalue weighted by atomic mass is 15.2. The van der Waals surface area contributed by atoms with Crippen molar-refractivity contribution in [2.45, 2.75) is 39.2 Å². The molecule has 0 aliphatic carbocycles. The van der Waals surface area contributed by atoms with Crippen LogP contribution in [0.15, 0.2) is 0 Å². The van der Waals surface area contributed by atoms with Crippen LogP contribution in [0.1, 0.15) is 33.1 Å². The third kappa shape index (κ3) is 2.29.